The molecule has 0 spiro atoms. The average Bonchev–Trinajstić information content (AvgIpc) is 2.73. The number of likely N-dealkylation sites (N-methyl/N-ethyl adjacent to an activating group) is 1. The number of halogens is 2. The van der Waals surface area contributed by atoms with Gasteiger partial charge in [-0.05, 0) is 42.7 Å². The third-order valence-electron chi connectivity index (χ3n) is 5.05. The second kappa shape index (κ2) is 11.0. The first kappa shape index (κ1) is 26.0. The smallest absolute Gasteiger partial charge is 0.244 e. The topological polar surface area (TPSA) is 86.8 Å². The van der Waals surface area contributed by atoms with Crippen molar-refractivity contribution in [3.8, 4) is 0 Å². The molecule has 32 heavy (non-hydrogen) atoms. The molecule has 174 valence electrons. The van der Waals surface area contributed by atoms with Crippen molar-refractivity contribution in [1.82, 2.24) is 10.2 Å². The van der Waals surface area contributed by atoms with Gasteiger partial charge in [-0.1, -0.05) is 54.4 Å². The number of carbonyl (C=O) groups is 2. The molecule has 2 aromatic carbocycles. The molecule has 0 saturated carbocycles. The summed E-state index contributed by atoms with van der Waals surface area (Å²) in [5, 5.41) is 3.36. The average molecular weight is 500 g/mol. The molecular weight excluding hydrogens is 473 g/mol. The maximum Gasteiger partial charge on any atom is 0.244 e. The first-order valence-electron chi connectivity index (χ1n) is 9.97. The molecule has 2 aromatic rings. The van der Waals surface area contributed by atoms with Gasteiger partial charge in [0.2, 0.25) is 21.8 Å². The quantitative estimate of drug-likeness (QED) is 0.570. The van der Waals surface area contributed by atoms with Crippen LogP contribution in [0.2, 0.25) is 10.0 Å². The van der Waals surface area contributed by atoms with Crippen molar-refractivity contribution in [2.24, 2.45) is 0 Å². The van der Waals surface area contributed by atoms with Crippen LogP contribution >= 0.6 is 23.2 Å². The molecule has 0 aromatic heterocycles. The molecule has 0 aliphatic heterocycles. The predicted molar refractivity (Wildman–Crippen MR) is 129 cm³/mol. The minimum Gasteiger partial charge on any atom is -0.357 e. The van der Waals surface area contributed by atoms with Crippen LogP contribution in [0.1, 0.15) is 24.5 Å². The summed E-state index contributed by atoms with van der Waals surface area (Å²) in [4.78, 5) is 27.4. The number of aryl methyl sites for hydroxylation is 1. The fraction of sp³-hybridized carbons (Fsp3) is 0.364. The van der Waals surface area contributed by atoms with E-state index < -0.39 is 28.5 Å². The van der Waals surface area contributed by atoms with Crippen LogP contribution in [0.15, 0.2) is 42.5 Å². The minimum atomic E-state index is -3.82. The maximum atomic E-state index is 13.5. The molecule has 7 nitrogen and oxygen atoms in total. The zero-order valence-electron chi connectivity index (χ0n) is 18.4. The Morgan fingerprint density at radius 1 is 1.12 bits per heavy atom. The Morgan fingerprint density at radius 2 is 1.78 bits per heavy atom. The lowest BCUT2D eigenvalue weighted by Crippen LogP contribution is -2.51. The molecule has 0 saturated heterocycles. The normalized spacial score (nSPS) is 12.2. The number of anilines is 1. The highest BCUT2D eigenvalue weighted by Gasteiger charge is 2.32. The standard InChI is InChI=1S/C22H27Cl2N3O4S/c1-5-19(22(29)25-3)26(13-16-8-6-7-9-18(16)24)21(28)14-27(32(4,30)31)20-12-17(23)11-10-15(20)2/h6-12,19H,5,13-14H2,1-4H3,(H,25,29)/t19-/m1/s1. The highest BCUT2D eigenvalue weighted by Crippen LogP contribution is 2.27. The zero-order valence-corrected chi connectivity index (χ0v) is 20.8. The predicted octanol–water partition coefficient (Wildman–Crippen LogP) is 3.62. The summed E-state index contributed by atoms with van der Waals surface area (Å²) in [5.41, 5.74) is 1.59. The molecule has 2 amide bonds. The first-order chi connectivity index (χ1) is 15.0. The van der Waals surface area contributed by atoms with E-state index in [1.54, 1.807) is 50.2 Å². The van der Waals surface area contributed by atoms with Crippen LogP contribution in [-0.2, 0) is 26.2 Å². The van der Waals surface area contributed by atoms with Gasteiger partial charge in [0, 0.05) is 23.6 Å². The van der Waals surface area contributed by atoms with E-state index in [4.69, 9.17) is 23.2 Å². The lowest BCUT2D eigenvalue weighted by atomic mass is 10.1. The summed E-state index contributed by atoms with van der Waals surface area (Å²) in [5.74, 6) is -0.886. The van der Waals surface area contributed by atoms with Gasteiger partial charge in [0.05, 0.1) is 11.9 Å². The summed E-state index contributed by atoms with van der Waals surface area (Å²) in [7, 11) is -2.34. The van der Waals surface area contributed by atoms with Gasteiger partial charge in [-0.3, -0.25) is 13.9 Å². The number of amides is 2. The van der Waals surface area contributed by atoms with Crippen LogP contribution in [0.3, 0.4) is 0 Å². The van der Waals surface area contributed by atoms with E-state index in [2.05, 4.69) is 5.32 Å². The SMILES string of the molecule is CC[C@H](C(=O)NC)N(Cc1ccccc1Cl)C(=O)CN(c1cc(Cl)ccc1C)S(C)(=O)=O. The van der Waals surface area contributed by atoms with Crippen LogP contribution in [0, 0.1) is 6.92 Å². The van der Waals surface area contributed by atoms with Crippen LogP contribution in [0.4, 0.5) is 5.69 Å². The fourth-order valence-electron chi connectivity index (χ4n) is 3.34. The number of nitrogens with one attached hydrogen (secondary N) is 1. The lowest BCUT2D eigenvalue weighted by Gasteiger charge is -2.33. The largest absolute Gasteiger partial charge is 0.357 e. The molecule has 0 bridgehead atoms. The minimum absolute atomic E-state index is 0.0521. The second-order valence-electron chi connectivity index (χ2n) is 7.35. The summed E-state index contributed by atoms with van der Waals surface area (Å²) in [6, 6.07) is 11.0. The fourth-order valence-corrected chi connectivity index (χ4v) is 4.60. The molecule has 0 heterocycles. The van der Waals surface area contributed by atoms with Crippen molar-refractivity contribution in [2.45, 2.75) is 32.9 Å². The van der Waals surface area contributed by atoms with E-state index in [0.29, 0.717) is 33.3 Å². The van der Waals surface area contributed by atoms with Gasteiger partial charge in [-0.15, -0.1) is 0 Å². The molecule has 10 heteroatoms. The molecule has 0 unspecified atom stereocenters. The van der Waals surface area contributed by atoms with Crippen molar-refractivity contribution >= 4 is 50.7 Å². The molecule has 2 rings (SSSR count). The number of nitrogens with zero attached hydrogens (tertiary/aromatic N) is 2. The third-order valence-corrected chi connectivity index (χ3v) is 6.78. The van der Waals surface area contributed by atoms with Crippen molar-refractivity contribution in [2.75, 3.05) is 24.2 Å². The van der Waals surface area contributed by atoms with Gasteiger partial charge in [-0.2, -0.15) is 0 Å². The van der Waals surface area contributed by atoms with Gasteiger partial charge in [0.15, 0.2) is 0 Å². The molecule has 1 N–H and O–H groups in total. The Bertz CT molecular complexity index is 1090. The summed E-state index contributed by atoms with van der Waals surface area (Å²) in [6.45, 7) is 3.08. The Kier molecular flexibility index (Phi) is 8.95. The van der Waals surface area contributed by atoms with Gasteiger partial charge >= 0.3 is 0 Å². The van der Waals surface area contributed by atoms with Crippen molar-refractivity contribution in [1.29, 1.82) is 0 Å². The monoisotopic (exact) mass is 499 g/mol. The Labute approximate surface area is 199 Å². The van der Waals surface area contributed by atoms with Gasteiger partial charge in [-0.25, -0.2) is 8.42 Å². The van der Waals surface area contributed by atoms with E-state index in [0.717, 1.165) is 10.6 Å². The molecule has 0 aliphatic rings. The number of benzene rings is 2. The Balaban J connectivity index is 2.49. The van der Waals surface area contributed by atoms with Gasteiger partial charge in [0.1, 0.15) is 12.6 Å². The zero-order chi connectivity index (χ0) is 24.1. The highest BCUT2D eigenvalue weighted by atomic mass is 35.5. The van der Waals surface area contributed by atoms with Crippen molar-refractivity contribution in [3.05, 3.63) is 63.6 Å². The van der Waals surface area contributed by atoms with E-state index in [1.165, 1.54) is 18.0 Å². The number of rotatable bonds is 9. The molecule has 0 fully saturated rings. The molecule has 0 radical (unpaired) electrons. The van der Waals surface area contributed by atoms with Crippen molar-refractivity contribution < 1.29 is 18.0 Å². The van der Waals surface area contributed by atoms with Gasteiger partial charge < -0.3 is 10.2 Å². The second-order valence-corrected chi connectivity index (χ2v) is 10.1. The van der Waals surface area contributed by atoms with E-state index in [-0.39, 0.29) is 12.5 Å². The summed E-state index contributed by atoms with van der Waals surface area (Å²) < 4.78 is 26.2. The molecule has 1 atom stereocenters. The number of carbonyl (C=O) groups excluding carboxylic acids is 2. The van der Waals surface area contributed by atoms with E-state index in [1.807, 2.05) is 0 Å². The van der Waals surface area contributed by atoms with Crippen LogP contribution in [0.25, 0.3) is 0 Å². The van der Waals surface area contributed by atoms with E-state index >= 15 is 0 Å². The maximum absolute atomic E-state index is 13.5. The number of sulfonamides is 1. The van der Waals surface area contributed by atoms with Crippen LogP contribution < -0.4 is 9.62 Å². The summed E-state index contributed by atoms with van der Waals surface area (Å²) >= 11 is 12.4. The van der Waals surface area contributed by atoms with Gasteiger partial charge in [0.25, 0.3) is 0 Å². The number of hydrogen-bond acceptors (Lipinski definition) is 4. The van der Waals surface area contributed by atoms with Crippen LogP contribution in [0.5, 0.6) is 0 Å². The van der Waals surface area contributed by atoms with Crippen molar-refractivity contribution in [3.63, 3.8) is 0 Å². The Hall–Kier alpha value is -2.29. The van der Waals surface area contributed by atoms with Crippen LogP contribution in [-0.4, -0.2) is 51.0 Å². The highest BCUT2D eigenvalue weighted by molar-refractivity contribution is 7.92. The Morgan fingerprint density at radius 3 is 2.34 bits per heavy atom. The third kappa shape index (κ3) is 6.37. The number of hydrogen-bond donors (Lipinski definition) is 1. The lowest BCUT2D eigenvalue weighted by molar-refractivity contribution is -0.140. The molecule has 0 aliphatic carbocycles. The first-order valence-corrected chi connectivity index (χ1v) is 12.6. The molecular formula is C22H27Cl2N3O4S. The van der Waals surface area contributed by atoms with E-state index in [9.17, 15) is 18.0 Å². The summed E-state index contributed by atoms with van der Waals surface area (Å²) in [6.07, 6.45) is 1.36.